The van der Waals surface area contributed by atoms with Crippen LogP contribution in [-0.4, -0.2) is 29.2 Å². The number of benzene rings is 1. The van der Waals surface area contributed by atoms with Gasteiger partial charge in [0, 0.05) is 29.1 Å². The molecule has 2 saturated heterocycles. The van der Waals surface area contributed by atoms with Gasteiger partial charge in [0.1, 0.15) is 5.76 Å². The van der Waals surface area contributed by atoms with Crippen molar-refractivity contribution in [2.45, 2.75) is 56.5 Å². The number of likely N-dealkylation sites (N-methyl/N-ethyl adjacent to an activating group) is 1. The number of aromatic nitrogens is 1. The van der Waals surface area contributed by atoms with Crippen LogP contribution >= 0.6 is 11.6 Å². The van der Waals surface area contributed by atoms with E-state index in [9.17, 15) is 0 Å². The van der Waals surface area contributed by atoms with Crippen molar-refractivity contribution in [2.75, 3.05) is 7.05 Å². The average Bonchev–Trinajstić information content (AvgIpc) is 3.11. The van der Waals surface area contributed by atoms with Crippen molar-refractivity contribution < 1.29 is 4.52 Å². The topological polar surface area (TPSA) is 29.3 Å². The smallest absolute Gasteiger partial charge is 0.142 e. The number of rotatable bonds is 3. The van der Waals surface area contributed by atoms with Gasteiger partial charge in [-0.1, -0.05) is 35.8 Å². The Balaban J connectivity index is 1.74. The van der Waals surface area contributed by atoms with Gasteiger partial charge in [-0.25, -0.2) is 0 Å². The highest BCUT2D eigenvalue weighted by molar-refractivity contribution is 6.30. The Kier molecular flexibility index (Phi) is 3.94. The third-order valence-corrected chi connectivity index (χ3v) is 6.09. The summed E-state index contributed by atoms with van der Waals surface area (Å²) in [5.41, 5.74) is 2.43. The van der Waals surface area contributed by atoms with Gasteiger partial charge < -0.3 is 4.52 Å². The molecule has 4 atom stereocenters. The van der Waals surface area contributed by atoms with Gasteiger partial charge >= 0.3 is 0 Å². The molecule has 0 amide bonds. The SMILES string of the molecule is CCc1cc([C@@H]2C3CCC(C[C@@H]2c2ccc(Cl)cc2)N3C)on1. The van der Waals surface area contributed by atoms with Gasteiger partial charge in [0.05, 0.1) is 5.69 Å². The van der Waals surface area contributed by atoms with Crippen LogP contribution in [0.15, 0.2) is 34.9 Å². The number of hydrogen-bond donors (Lipinski definition) is 0. The Bertz CT molecular complexity index is 681. The molecule has 3 heterocycles. The van der Waals surface area contributed by atoms with Gasteiger partial charge in [0.2, 0.25) is 0 Å². The second kappa shape index (κ2) is 5.95. The number of hydrogen-bond acceptors (Lipinski definition) is 3. The van der Waals surface area contributed by atoms with Crippen LogP contribution in [-0.2, 0) is 6.42 Å². The summed E-state index contributed by atoms with van der Waals surface area (Å²) in [6, 6.07) is 11.8. The summed E-state index contributed by atoms with van der Waals surface area (Å²) in [6.45, 7) is 2.12. The minimum Gasteiger partial charge on any atom is -0.361 e. The van der Waals surface area contributed by atoms with Gasteiger partial charge in [0.25, 0.3) is 0 Å². The van der Waals surface area contributed by atoms with Crippen LogP contribution in [0.2, 0.25) is 5.02 Å². The summed E-state index contributed by atoms with van der Waals surface area (Å²) in [7, 11) is 2.27. The predicted molar refractivity (Wildman–Crippen MR) is 92.0 cm³/mol. The highest BCUT2D eigenvalue weighted by Gasteiger charge is 2.48. The van der Waals surface area contributed by atoms with E-state index in [2.05, 4.69) is 42.2 Å². The first-order valence-electron chi connectivity index (χ1n) is 8.60. The van der Waals surface area contributed by atoms with Gasteiger partial charge in [0.15, 0.2) is 0 Å². The maximum atomic E-state index is 6.08. The van der Waals surface area contributed by atoms with Crippen molar-refractivity contribution >= 4 is 11.6 Å². The van der Waals surface area contributed by atoms with E-state index in [-0.39, 0.29) is 0 Å². The summed E-state index contributed by atoms with van der Waals surface area (Å²) in [5.74, 6) is 1.92. The maximum Gasteiger partial charge on any atom is 0.142 e. The third-order valence-electron chi connectivity index (χ3n) is 5.83. The molecule has 2 aliphatic rings. The molecule has 2 bridgehead atoms. The minimum atomic E-state index is 0.382. The largest absolute Gasteiger partial charge is 0.361 e. The van der Waals surface area contributed by atoms with Gasteiger partial charge in [-0.05, 0) is 56.3 Å². The zero-order chi connectivity index (χ0) is 16.0. The lowest BCUT2D eigenvalue weighted by molar-refractivity contribution is 0.122. The molecule has 0 N–H and O–H groups in total. The van der Waals surface area contributed by atoms with Crippen molar-refractivity contribution in [1.82, 2.24) is 10.1 Å². The van der Waals surface area contributed by atoms with Crippen LogP contribution in [0, 0.1) is 0 Å². The monoisotopic (exact) mass is 330 g/mol. The van der Waals surface area contributed by atoms with E-state index in [1.807, 2.05) is 12.1 Å². The van der Waals surface area contributed by atoms with Crippen LogP contribution in [0.1, 0.15) is 55.0 Å². The lowest BCUT2D eigenvalue weighted by Gasteiger charge is -2.42. The predicted octanol–water partition coefficient (Wildman–Crippen LogP) is 4.62. The van der Waals surface area contributed by atoms with E-state index in [4.69, 9.17) is 16.1 Å². The van der Waals surface area contributed by atoms with Crippen molar-refractivity contribution in [3.63, 3.8) is 0 Å². The van der Waals surface area contributed by atoms with Gasteiger partial charge in [-0.3, -0.25) is 4.90 Å². The molecule has 2 fully saturated rings. The fourth-order valence-corrected chi connectivity index (χ4v) is 4.69. The highest BCUT2D eigenvalue weighted by atomic mass is 35.5. The lowest BCUT2D eigenvalue weighted by Crippen LogP contribution is -2.44. The summed E-state index contributed by atoms with van der Waals surface area (Å²) >= 11 is 6.08. The van der Waals surface area contributed by atoms with E-state index in [0.717, 1.165) is 22.9 Å². The van der Waals surface area contributed by atoms with Crippen LogP contribution < -0.4 is 0 Å². The second-order valence-electron chi connectivity index (χ2n) is 6.96. The molecular formula is C19H23ClN2O. The van der Waals surface area contributed by atoms with E-state index in [0.29, 0.717) is 23.9 Å². The summed E-state index contributed by atoms with van der Waals surface area (Å²) < 4.78 is 5.77. The summed E-state index contributed by atoms with van der Waals surface area (Å²) in [5, 5.41) is 5.04. The van der Waals surface area contributed by atoms with Crippen molar-refractivity contribution in [3.8, 4) is 0 Å². The molecule has 2 aliphatic heterocycles. The fourth-order valence-electron chi connectivity index (χ4n) is 4.56. The average molecular weight is 331 g/mol. The molecule has 2 unspecified atom stereocenters. The van der Waals surface area contributed by atoms with Gasteiger partial charge in [-0.15, -0.1) is 0 Å². The molecule has 0 spiro atoms. The molecule has 23 heavy (non-hydrogen) atoms. The minimum absolute atomic E-state index is 0.382. The summed E-state index contributed by atoms with van der Waals surface area (Å²) in [4.78, 5) is 2.56. The number of aryl methyl sites for hydroxylation is 1. The molecule has 122 valence electrons. The fraction of sp³-hybridized carbons (Fsp3) is 0.526. The first-order chi connectivity index (χ1) is 11.2. The Morgan fingerprint density at radius 2 is 2.04 bits per heavy atom. The molecule has 4 heteroatoms. The van der Waals surface area contributed by atoms with Crippen LogP contribution in [0.25, 0.3) is 0 Å². The molecule has 1 aromatic carbocycles. The number of fused-ring (bicyclic) bond motifs is 2. The normalized spacial score (nSPS) is 30.7. The molecule has 0 radical (unpaired) electrons. The maximum absolute atomic E-state index is 6.08. The quantitative estimate of drug-likeness (QED) is 0.822. The van der Waals surface area contributed by atoms with E-state index < -0.39 is 0 Å². The number of nitrogens with zero attached hydrogens (tertiary/aromatic N) is 2. The Morgan fingerprint density at radius 3 is 2.74 bits per heavy atom. The van der Waals surface area contributed by atoms with Crippen molar-refractivity contribution in [2.24, 2.45) is 0 Å². The van der Waals surface area contributed by atoms with Crippen LogP contribution in [0.3, 0.4) is 0 Å². The third kappa shape index (κ3) is 2.60. The Morgan fingerprint density at radius 1 is 1.26 bits per heavy atom. The van der Waals surface area contributed by atoms with Crippen LogP contribution in [0.5, 0.6) is 0 Å². The molecule has 3 nitrogen and oxygen atoms in total. The Labute approximate surface area is 142 Å². The molecular weight excluding hydrogens is 308 g/mol. The zero-order valence-corrected chi connectivity index (χ0v) is 14.5. The summed E-state index contributed by atoms with van der Waals surface area (Å²) in [6.07, 6.45) is 4.64. The first-order valence-corrected chi connectivity index (χ1v) is 8.98. The lowest BCUT2D eigenvalue weighted by atomic mass is 9.75. The number of halogens is 1. The number of piperidine rings is 1. The molecule has 2 aromatic rings. The first kappa shape index (κ1) is 15.2. The second-order valence-corrected chi connectivity index (χ2v) is 7.39. The standard InChI is InChI=1S/C19H23ClN2O/c1-3-14-10-18(23-21-14)19-16(12-4-6-13(20)7-5-12)11-15-8-9-17(19)22(15)2/h4-7,10,15-17,19H,3,8-9,11H2,1-2H3/t15?,16-,17?,19+/m1/s1. The molecule has 1 aromatic heterocycles. The van der Waals surface area contributed by atoms with Gasteiger partial charge in [-0.2, -0.15) is 0 Å². The molecule has 4 rings (SSSR count). The zero-order valence-electron chi connectivity index (χ0n) is 13.7. The Hall–Kier alpha value is -1.32. The molecule has 0 saturated carbocycles. The van der Waals surface area contributed by atoms with Crippen molar-refractivity contribution in [1.29, 1.82) is 0 Å². The van der Waals surface area contributed by atoms with E-state index in [1.54, 1.807) is 0 Å². The van der Waals surface area contributed by atoms with Crippen LogP contribution in [0.4, 0.5) is 0 Å². The highest BCUT2D eigenvalue weighted by Crippen LogP contribution is 2.51. The van der Waals surface area contributed by atoms with Crippen molar-refractivity contribution in [3.05, 3.63) is 52.4 Å². The van der Waals surface area contributed by atoms with E-state index in [1.165, 1.54) is 24.8 Å². The van der Waals surface area contributed by atoms with E-state index >= 15 is 0 Å². The molecule has 0 aliphatic carbocycles.